The SMILES string of the molecule is C=CC1C(C)c2ccccc2-c2c3ccccc3cc[n+]21. The zero-order chi connectivity index (χ0) is 14.4. The summed E-state index contributed by atoms with van der Waals surface area (Å²) < 4.78 is 2.38. The highest BCUT2D eigenvalue weighted by Crippen LogP contribution is 2.40. The lowest BCUT2D eigenvalue weighted by Gasteiger charge is -2.26. The van der Waals surface area contributed by atoms with Gasteiger partial charge in [0.2, 0.25) is 5.69 Å². The van der Waals surface area contributed by atoms with E-state index >= 15 is 0 Å². The first-order valence-corrected chi connectivity index (χ1v) is 7.46. The fourth-order valence-corrected chi connectivity index (χ4v) is 3.62. The molecule has 1 aliphatic rings. The number of hydrogen-bond acceptors (Lipinski definition) is 0. The summed E-state index contributed by atoms with van der Waals surface area (Å²) in [5.41, 5.74) is 4.07. The van der Waals surface area contributed by atoms with Crippen molar-refractivity contribution in [1.82, 2.24) is 0 Å². The van der Waals surface area contributed by atoms with E-state index in [4.69, 9.17) is 0 Å². The van der Waals surface area contributed by atoms with Crippen LogP contribution in [0.15, 0.2) is 73.4 Å². The third-order valence-electron chi connectivity index (χ3n) is 4.67. The average Bonchev–Trinajstić information content (AvgIpc) is 2.55. The van der Waals surface area contributed by atoms with Crippen molar-refractivity contribution in [2.24, 2.45) is 0 Å². The fourth-order valence-electron chi connectivity index (χ4n) is 3.62. The highest BCUT2D eigenvalue weighted by atomic mass is 15.0. The van der Waals surface area contributed by atoms with Gasteiger partial charge in [0.25, 0.3) is 0 Å². The molecule has 1 nitrogen and oxygen atoms in total. The molecule has 3 aromatic rings. The van der Waals surface area contributed by atoms with Crippen LogP contribution >= 0.6 is 0 Å². The smallest absolute Gasteiger partial charge is 0.191 e. The van der Waals surface area contributed by atoms with E-state index in [2.05, 4.69) is 84.9 Å². The lowest BCUT2D eigenvalue weighted by atomic mass is 9.83. The van der Waals surface area contributed by atoms with E-state index in [0.29, 0.717) is 12.0 Å². The molecule has 21 heavy (non-hydrogen) atoms. The average molecular weight is 272 g/mol. The Labute approximate surface area is 125 Å². The molecule has 0 saturated heterocycles. The molecule has 102 valence electrons. The molecule has 0 saturated carbocycles. The molecule has 0 amide bonds. The number of pyridine rings is 1. The van der Waals surface area contributed by atoms with Crippen molar-refractivity contribution in [3.8, 4) is 11.3 Å². The van der Waals surface area contributed by atoms with Crippen molar-refractivity contribution in [1.29, 1.82) is 0 Å². The largest absolute Gasteiger partial charge is 0.221 e. The summed E-state index contributed by atoms with van der Waals surface area (Å²) in [6.45, 7) is 6.35. The van der Waals surface area contributed by atoms with Crippen LogP contribution in [0.5, 0.6) is 0 Å². The van der Waals surface area contributed by atoms with Gasteiger partial charge in [0.15, 0.2) is 12.2 Å². The zero-order valence-corrected chi connectivity index (χ0v) is 12.2. The van der Waals surface area contributed by atoms with Crippen molar-refractivity contribution < 1.29 is 4.57 Å². The van der Waals surface area contributed by atoms with Crippen LogP contribution in [0.2, 0.25) is 0 Å². The maximum absolute atomic E-state index is 4.07. The van der Waals surface area contributed by atoms with E-state index in [1.54, 1.807) is 0 Å². The van der Waals surface area contributed by atoms with E-state index in [1.165, 1.54) is 27.6 Å². The number of allylic oxidation sites excluding steroid dienone is 1. The minimum atomic E-state index is 0.305. The quantitative estimate of drug-likeness (QED) is 0.449. The van der Waals surface area contributed by atoms with E-state index in [0.717, 1.165) is 0 Å². The summed E-state index contributed by atoms with van der Waals surface area (Å²) in [4.78, 5) is 0. The van der Waals surface area contributed by atoms with E-state index < -0.39 is 0 Å². The Hall–Kier alpha value is -2.41. The monoisotopic (exact) mass is 272 g/mol. The molecule has 1 heteroatoms. The number of hydrogen-bond donors (Lipinski definition) is 0. The molecule has 2 heterocycles. The normalized spacial score (nSPS) is 19.9. The Morgan fingerprint density at radius 3 is 2.62 bits per heavy atom. The Morgan fingerprint density at radius 1 is 1.00 bits per heavy atom. The first-order valence-electron chi connectivity index (χ1n) is 7.46. The predicted molar refractivity (Wildman–Crippen MR) is 87.2 cm³/mol. The molecular weight excluding hydrogens is 254 g/mol. The lowest BCUT2D eigenvalue weighted by Crippen LogP contribution is -2.45. The van der Waals surface area contributed by atoms with E-state index in [1.807, 2.05) is 0 Å². The van der Waals surface area contributed by atoms with Crippen molar-refractivity contribution >= 4 is 10.8 Å². The summed E-state index contributed by atoms with van der Waals surface area (Å²) in [5, 5.41) is 2.60. The molecule has 0 fully saturated rings. The van der Waals surface area contributed by atoms with Crippen molar-refractivity contribution in [3.63, 3.8) is 0 Å². The first-order chi connectivity index (χ1) is 10.3. The number of aromatic nitrogens is 1. The molecule has 0 spiro atoms. The maximum Gasteiger partial charge on any atom is 0.221 e. The van der Waals surface area contributed by atoms with E-state index in [-0.39, 0.29) is 0 Å². The summed E-state index contributed by atoms with van der Waals surface area (Å²) in [6.07, 6.45) is 4.27. The second-order valence-corrected chi connectivity index (χ2v) is 5.76. The standard InChI is InChI=1S/C20H18N/c1-3-19-14(2)16-9-6-7-11-18(16)20-17-10-5-4-8-15(17)12-13-21(19)20/h3-14,19H,1H2,2H3/q+1. The number of benzene rings is 2. The minimum Gasteiger partial charge on any atom is -0.191 e. The van der Waals surface area contributed by atoms with Crippen LogP contribution < -0.4 is 4.57 Å². The maximum atomic E-state index is 4.07. The van der Waals surface area contributed by atoms with E-state index in [9.17, 15) is 0 Å². The third-order valence-corrected chi connectivity index (χ3v) is 4.67. The number of rotatable bonds is 1. The van der Waals surface area contributed by atoms with Crippen LogP contribution in [0.3, 0.4) is 0 Å². The Balaban J connectivity index is 2.16. The third kappa shape index (κ3) is 1.67. The molecule has 4 rings (SSSR count). The van der Waals surface area contributed by atoms with Gasteiger partial charge in [-0.2, -0.15) is 4.57 Å². The van der Waals surface area contributed by atoms with Gasteiger partial charge >= 0.3 is 0 Å². The fraction of sp³-hybridized carbons (Fsp3) is 0.150. The van der Waals surface area contributed by atoms with Gasteiger partial charge in [0.05, 0.1) is 10.9 Å². The highest BCUT2D eigenvalue weighted by Gasteiger charge is 2.36. The molecule has 1 aromatic heterocycles. The van der Waals surface area contributed by atoms with Crippen LogP contribution in [0, 0.1) is 0 Å². The highest BCUT2D eigenvalue weighted by molar-refractivity contribution is 5.93. The van der Waals surface area contributed by atoms with Gasteiger partial charge in [-0.3, -0.25) is 0 Å². The van der Waals surface area contributed by atoms with Gasteiger partial charge in [-0.15, -0.1) is 0 Å². The molecule has 0 radical (unpaired) electrons. The molecule has 0 N–H and O–H groups in total. The van der Waals surface area contributed by atoms with Crippen LogP contribution in [-0.4, -0.2) is 0 Å². The van der Waals surface area contributed by atoms with Crippen molar-refractivity contribution in [3.05, 3.63) is 79.0 Å². The Morgan fingerprint density at radius 2 is 1.76 bits per heavy atom. The first kappa shape index (κ1) is 12.3. The summed E-state index contributed by atoms with van der Waals surface area (Å²) >= 11 is 0. The summed E-state index contributed by atoms with van der Waals surface area (Å²) in [6, 6.07) is 19.9. The molecule has 2 unspecified atom stereocenters. The topological polar surface area (TPSA) is 3.88 Å². The van der Waals surface area contributed by atoms with Crippen molar-refractivity contribution in [2.75, 3.05) is 0 Å². The van der Waals surface area contributed by atoms with Crippen molar-refractivity contribution in [2.45, 2.75) is 18.9 Å². The van der Waals surface area contributed by atoms with Gasteiger partial charge in [-0.25, -0.2) is 0 Å². The Bertz CT molecular complexity index is 847. The zero-order valence-electron chi connectivity index (χ0n) is 12.2. The number of nitrogens with zero attached hydrogens (tertiary/aromatic N) is 1. The second-order valence-electron chi connectivity index (χ2n) is 5.76. The molecule has 2 aromatic carbocycles. The summed E-state index contributed by atoms with van der Waals surface area (Å²) in [7, 11) is 0. The van der Waals surface area contributed by atoms with Gasteiger partial charge in [-0.1, -0.05) is 49.9 Å². The Kier molecular flexibility index (Phi) is 2.68. The van der Waals surface area contributed by atoms with Gasteiger partial charge in [0, 0.05) is 12.0 Å². The van der Waals surface area contributed by atoms with Crippen LogP contribution in [-0.2, 0) is 0 Å². The van der Waals surface area contributed by atoms with Gasteiger partial charge < -0.3 is 0 Å². The molecule has 0 aliphatic carbocycles. The van der Waals surface area contributed by atoms with Crippen LogP contribution in [0.1, 0.15) is 24.4 Å². The molecule has 2 atom stereocenters. The minimum absolute atomic E-state index is 0.305. The molecule has 1 aliphatic heterocycles. The lowest BCUT2D eigenvalue weighted by molar-refractivity contribution is -0.705. The van der Waals surface area contributed by atoms with Crippen LogP contribution in [0.25, 0.3) is 22.0 Å². The second kappa shape index (κ2) is 4.56. The van der Waals surface area contributed by atoms with Gasteiger partial charge in [-0.05, 0) is 29.2 Å². The van der Waals surface area contributed by atoms with Crippen LogP contribution in [0.4, 0.5) is 0 Å². The predicted octanol–water partition coefficient (Wildman–Crippen LogP) is 4.64. The summed E-state index contributed by atoms with van der Waals surface area (Å²) in [5.74, 6) is 0.442. The molecular formula is C20H18N+. The molecule has 0 bridgehead atoms. The number of fused-ring (bicyclic) bond motifs is 5. The van der Waals surface area contributed by atoms with Gasteiger partial charge in [0.1, 0.15) is 0 Å².